The number of aromatic nitrogens is 3. The Labute approximate surface area is 217 Å². The van der Waals surface area contributed by atoms with Crippen molar-refractivity contribution in [2.75, 3.05) is 13.1 Å². The van der Waals surface area contributed by atoms with Crippen LogP contribution in [0.5, 0.6) is 0 Å². The molecule has 0 spiro atoms. The molecular formula is C30H33N5O2. The average molecular weight is 496 g/mol. The van der Waals surface area contributed by atoms with Crippen LogP contribution in [0.3, 0.4) is 0 Å². The first-order valence-corrected chi connectivity index (χ1v) is 13.0. The predicted octanol–water partition coefficient (Wildman–Crippen LogP) is 5.16. The van der Waals surface area contributed by atoms with Crippen LogP contribution in [-0.4, -0.2) is 44.6 Å². The topological polar surface area (TPSA) is 80.1 Å². The van der Waals surface area contributed by atoms with E-state index in [9.17, 15) is 9.59 Å². The van der Waals surface area contributed by atoms with E-state index in [0.29, 0.717) is 43.7 Å². The molecule has 2 aromatic carbocycles. The smallest absolute Gasteiger partial charge is 0.254 e. The minimum atomic E-state index is -0.0866. The van der Waals surface area contributed by atoms with Gasteiger partial charge in [-0.15, -0.1) is 0 Å². The Hall–Kier alpha value is -4.00. The quantitative estimate of drug-likeness (QED) is 0.401. The van der Waals surface area contributed by atoms with Crippen molar-refractivity contribution in [1.82, 2.24) is 25.0 Å². The lowest BCUT2D eigenvalue weighted by Gasteiger charge is -2.31. The molecule has 7 nitrogen and oxygen atoms in total. The predicted molar refractivity (Wildman–Crippen MR) is 145 cm³/mol. The first kappa shape index (κ1) is 24.7. The molecule has 1 aliphatic heterocycles. The van der Waals surface area contributed by atoms with Crippen molar-refractivity contribution in [3.63, 3.8) is 0 Å². The number of nitrogens with zero attached hydrogens (tertiary/aromatic N) is 4. The zero-order valence-corrected chi connectivity index (χ0v) is 21.6. The first-order chi connectivity index (χ1) is 17.9. The van der Waals surface area contributed by atoms with E-state index in [1.54, 1.807) is 6.20 Å². The number of nitrogens with one attached hydrogen (secondary N) is 1. The van der Waals surface area contributed by atoms with Crippen LogP contribution in [0.25, 0.3) is 22.3 Å². The molecule has 0 radical (unpaired) electrons. The summed E-state index contributed by atoms with van der Waals surface area (Å²) >= 11 is 0. The van der Waals surface area contributed by atoms with Gasteiger partial charge in [0.25, 0.3) is 5.91 Å². The van der Waals surface area contributed by atoms with E-state index >= 15 is 0 Å². The third-order valence-electron chi connectivity index (χ3n) is 7.17. The lowest BCUT2D eigenvalue weighted by molar-refractivity contribution is -0.126. The molecule has 3 heterocycles. The van der Waals surface area contributed by atoms with Gasteiger partial charge in [-0.25, -0.2) is 9.67 Å². The Morgan fingerprint density at radius 1 is 1.03 bits per heavy atom. The molecule has 0 aliphatic carbocycles. The highest BCUT2D eigenvalue weighted by atomic mass is 16.2. The summed E-state index contributed by atoms with van der Waals surface area (Å²) in [6.07, 6.45) is 3.05. The molecule has 37 heavy (non-hydrogen) atoms. The largest absolute Gasteiger partial charge is 0.352 e. The van der Waals surface area contributed by atoms with Crippen molar-refractivity contribution in [2.45, 2.75) is 46.2 Å². The van der Waals surface area contributed by atoms with Gasteiger partial charge < -0.3 is 10.2 Å². The van der Waals surface area contributed by atoms with Gasteiger partial charge in [0, 0.05) is 37.2 Å². The fourth-order valence-electron chi connectivity index (χ4n) is 5.02. The van der Waals surface area contributed by atoms with Crippen LogP contribution in [0, 0.1) is 12.8 Å². The average Bonchev–Trinajstić information content (AvgIpc) is 3.36. The molecule has 1 N–H and O–H groups in total. The Morgan fingerprint density at radius 3 is 2.43 bits per heavy atom. The second-order valence-electron chi connectivity index (χ2n) is 10.1. The van der Waals surface area contributed by atoms with Crippen LogP contribution in [-0.2, 0) is 11.3 Å². The molecule has 4 aromatic rings. The van der Waals surface area contributed by atoms with E-state index in [1.807, 2.05) is 64.2 Å². The molecule has 2 amide bonds. The van der Waals surface area contributed by atoms with Crippen molar-refractivity contribution >= 4 is 22.8 Å². The van der Waals surface area contributed by atoms with Gasteiger partial charge >= 0.3 is 0 Å². The first-order valence-electron chi connectivity index (χ1n) is 13.0. The molecular weight excluding hydrogens is 462 g/mol. The number of carbonyl (C=O) groups is 2. The van der Waals surface area contributed by atoms with Crippen molar-refractivity contribution in [3.05, 3.63) is 83.6 Å². The van der Waals surface area contributed by atoms with Crippen molar-refractivity contribution in [1.29, 1.82) is 0 Å². The van der Waals surface area contributed by atoms with Crippen molar-refractivity contribution in [3.8, 4) is 11.3 Å². The molecule has 5 rings (SSSR count). The highest BCUT2D eigenvalue weighted by Gasteiger charge is 2.29. The summed E-state index contributed by atoms with van der Waals surface area (Å²) in [5.74, 6) is -0.0626. The van der Waals surface area contributed by atoms with E-state index in [4.69, 9.17) is 4.98 Å². The summed E-state index contributed by atoms with van der Waals surface area (Å²) in [5.41, 5.74) is 5.29. The zero-order valence-electron chi connectivity index (χ0n) is 21.6. The lowest BCUT2D eigenvalue weighted by atomic mass is 9.95. The normalized spacial score (nSPS) is 14.3. The van der Waals surface area contributed by atoms with E-state index in [-0.39, 0.29) is 23.8 Å². The highest BCUT2D eigenvalue weighted by molar-refractivity contribution is 6.06. The number of rotatable bonds is 6. The summed E-state index contributed by atoms with van der Waals surface area (Å²) in [4.78, 5) is 33.4. The van der Waals surface area contributed by atoms with E-state index in [0.717, 1.165) is 27.8 Å². The van der Waals surface area contributed by atoms with Gasteiger partial charge in [-0.2, -0.15) is 5.10 Å². The molecule has 190 valence electrons. The van der Waals surface area contributed by atoms with Gasteiger partial charge in [-0.3, -0.25) is 9.59 Å². The van der Waals surface area contributed by atoms with Crippen molar-refractivity contribution < 1.29 is 9.59 Å². The highest BCUT2D eigenvalue weighted by Crippen LogP contribution is 2.30. The number of benzene rings is 2. The summed E-state index contributed by atoms with van der Waals surface area (Å²) in [5, 5.41) is 8.37. The van der Waals surface area contributed by atoms with Crippen LogP contribution in [0.4, 0.5) is 0 Å². The minimum Gasteiger partial charge on any atom is -0.352 e. The monoisotopic (exact) mass is 495 g/mol. The van der Waals surface area contributed by atoms with Gasteiger partial charge in [-0.1, -0.05) is 54.6 Å². The Balaban J connectivity index is 1.36. The number of fused-ring (bicyclic) bond motifs is 1. The molecule has 2 aromatic heterocycles. The second-order valence-corrected chi connectivity index (χ2v) is 10.1. The third-order valence-corrected chi connectivity index (χ3v) is 7.17. The standard InChI is InChI=1S/C30H33N5O2/c1-20(2)35-28-26(19-32-35)25(17-27(33-28)24-12-8-7-9-21(24)3)30(37)34-15-13-23(14-16-34)29(36)31-18-22-10-5-4-6-11-22/h4-12,17,19-20,23H,13-16,18H2,1-3H3,(H,31,36). The number of carbonyl (C=O) groups excluding carboxylic acids is 2. The number of aryl methyl sites for hydroxylation is 1. The van der Waals surface area contributed by atoms with Gasteiger partial charge in [0.1, 0.15) is 0 Å². The number of amides is 2. The molecule has 0 atom stereocenters. The van der Waals surface area contributed by atoms with Crippen LogP contribution < -0.4 is 5.32 Å². The van der Waals surface area contributed by atoms with Crippen LogP contribution in [0.15, 0.2) is 66.9 Å². The molecule has 1 saturated heterocycles. The molecule has 1 aliphatic rings. The zero-order chi connectivity index (χ0) is 25.9. The number of hydrogen-bond acceptors (Lipinski definition) is 4. The van der Waals surface area contributed by atoms with Gasteiger partial charge in [0.2, 0.25) is 5.91 Å². The molecule has 0 bridgehead atoms. The minimum absolute atomic E-state index is 0.0336. The summed E-state index contributed by atoms with van der Waals surface area (Å²) in [6, 6.07) is 20.0. The summed E-state index contributed by atoms with van der Waals surface area (Å²) < 4.78 is 1.87. The van der Waals surface area contributed by atoms with Gasteiger partial charge in [0.15, 0.2) is 5.65 Å². The Morgan fingerprint density at radius 2 is 1.73 bits per heavy atom. The lowest BCUT2D eigenvalue weighted by Crippen LogP contribution is -2.43. The fourth-order valence-corrected chi connectivity index (χ4v) is 5.02. The Bertz CT molecular complexity index is 1420. The van der Waals surface area contributed by atoms with E-state index in [1.165, 1.54) is 0 Å². The SMILES string of the molecule is Cc1ccccc1-c1cc(C(=O)N2CCC(C(=O)NCc3ccccc3)CC2)c2cnn(C(C)C)c2n1. The second kappa shape index (κ2) is 10.5. The maximum Gasteiger partial charge on any atom is 0.254 e. The fraction of sp³-hybridized carbons (Fsp3) is 0.333. The molecule has 7 heteroatoms. The van der Waals surface area contributed by atoms with Crippen LogP contribution in [0.2, 0.25) is 0 Å². The maximum absolute atomic E-state index is 13.8. The Kier molecular flexibility index (Phi) is 7.04. The number of hydrogen-bond donors (Lipinski definition) is 1. The van der Waals surface area contributed by atoms with Gasteiger partial charge in [-0.05, 0) is 50.8 Å². The molecule has 0 saturated carbocycles. The van der Waals surface area contributed by atoms with E-state index < -0.39 is 0 Å². The summed E-state index contributed by atoms with van der Waals surface area (Å²) in [6.45, 7) is 7.78. The van der Waals surface area contributed by atoms with Crippen LogP contribution >= 0.6 is 0 Å². The van der Waals surface area contributed by atoms with E-state index in [2.05, 4.69) is 37.3 Å². The van der Waals surface area contributed by atoms with Gasteiger partial charge in [0.05, 0.1) is 22.8 Å². The summed E-state index contributed by atoms with van der Waals surface area (Å²) in [7, 11) is 0. The number of pyridine rings is 1. The number of likely N-dealkylation sites (tertiary alicyclic amines) is 1. The molecule has 1 fully saturated rings. The third kappa shape index (κ3) is 5.12. The van der Waals surface area contributed by atoms with Crippen molar-refractivity contribution in [2.24, 2.45) is 5.92 Å². The van der Waals surface area contributed by atoms with Crippen LogP contribution in [0.1, 0.15) is 54.2 Å². The maximum atomic E-state index is 13.8. The molecule has 0 unspecified atom stereocenters. The number of piperidine rings is 1.